The number of fused-ring (bicyclic) bond motifs is 1. The van der Waals surface area contributed by atoms with Crippen LogP contribution in [0.5, 0.6) is 5.75 Å². The maximum Gasteiger partial charge on any atom is 0.321 e. The van der Waals surface area contributed by atoms with E-state index in [0.717, 1.165) is 12.8 Å². The molecule has 2 aliphatic heterocycles. The lowest BCUT2D eigenvalue weighted by Gasteiger charge is -2.38. The third-order valence-corrected chi connectivity index (χ3v) is 4.67. The highest BCUT2D eigenvalue weighted by atomic mass is 16.5. The predicted octanol–water partition coefficient (Wildman–Crippen LogP) is 1.27. The molecule has 1 fully saturated rings. The van der Waals surface area contributed by atoms with Crippen LogP contribution >= 0.6 is 0 Å². The van der Waals surface area contributed by atoms with Crippen LogP contribution in [0.4, 0.5) is 16.2 Å². The van der Waals surface area contributed by atoms with Crippen LogP contribution < -0.4 is 15.4 Å². The average Bonchev–Trinajstić information content (AvgIpc) is 2.62. The zero-order valence-electron chi connectivity index (χ0n) is 14.2. The van der Waals surface area contributed by atoms with Gasteiger partial charge in [-0.05, 0) is 25.0 Å². The number of rotatable bonds is 4. The minimum Gasteiger partial charge on any atom is -0.482 e. The molecule has 2 aliphatic rings. The maximum absolute atomic E-state index is 12.5. The molecule has 0 aromatic heterocycles. The Morgan fingerprint density at radius 3 is 2.88 bits per heavy atom. The summed E-state index contributed by atoms with van der Waals surface area (Å²) in [5.41, 5.74) is 0.856. The second-order valence-electron chi connectivity index (χ2n) is 6.60. The normalized spacial score (nSPS) is 18.6. The van der Waals surface area contributed by atoms with Crippen molar-refractivity contribution >= 4 is 23.3 Å². The standard InChI is InChI=1S/C17H23N3O5/c1-20(10-17(11-21)4-6-24-7-5-17)16(23)18-12-2-3-13-14(8-12)25-9-15(22)19-13/h2-3,8,21H,4-7,9-11H2,1H3,(H,18,23)(H,19,22). The van der Waals surface area contributed by atoms with Gasteiger partial charge in [0.1, 0.15) is 5.75 Å². The number of urea groups is 1. The van der Waals surface area contributed by atoms with E-state index in [-0.39, 0.29) is 30.6 Å². The number of carbonyl (C=O) groups excluding carboxylic acids is 2. The summed E-state index contributed by atoms with van der Waals surface area (Å²) in [7, 11) is 1.71. The number of anilines is 2. The third kappa shape index (κ3) is 4.02. The van der Waals surface area contributed by atoms with Crippen molar-refractivity contribution in [2.24, 2.45) is 5.41 Å². The van der Waals surface area contributed by atoms with Gasteiger partial charge in [0.05, 0.1) is 12.3 Å². The molecule has 3 N–H and O–H groups in total. The van der Waals surface area contributed by atoms with E-state index in [9.17, 15) is 14.7 Å². The summed E-state index contributed by atoms with van der Waals surface area (Å²) in [5, 5.41) is 15.3. The van der Waals surface area contributed by atoms with Gasteiger partial charge in [0.2, 0.25) is 0 Å². The quantitative estimate of drug-likeness (QED) is 0.760. The molecular weight excluding hydrogens is 326 g/mol. The van der Waals surface area contributed by atoms with Crippen molar-refractivity contribution in [3.05, 3.63) is 18.2 Å². The van der Waals surface area contributed by atoms with Crippen LogP contribution in [0.2, 0.25) is 0 Å². The topological polar surface area (TPSA) is 100 Å². The number of hydrogen-bond acceptors (Lipinski definition) is 5. The fourth-order valence-electron chi connectivity index (χ4n) is 3.12. The van der Waals surface area contributed by atoms with Gasteiger partial charge in [-0.2, -0.15) is 0 Å². The van der Waals surface area contributed by atoms with E-state index in [2.05, 4.69) is 10.6 Å². The number of aliphatic hydroxyl groups excluding tert-OH is 1. The highest BCUT2D eigenvalue weighted by Gasteiger charge is 2.34. The predicted molar refractivity (Wildman–Crippen MR) is 91.8 cm³/mol. The van der Waals surface area contributed by atoms with Crippen LogP contribution in [-0.2, 0) is 9.53 Å². The van der Waals surface area contributed by atoms with Crippen molar-refractivity contribution < 1.29 is 24.2 Å². The molecule has 25 heavy (non-hydrogen) atoms. The molecule has 0 atom stereocenters. The van der Waals surface area contributed by atoms with Crippen molar-refractivity contribution in [2.45, 2.75) is 12.8 Å². The summed E-state index contributed by atoms with van der Waals surface area (Å²) in [5.74, 6) is 0.325. The lowest BCUT2D eigenvalue weighted by molar-refractivity contribution is -0.118. The number of benzene rings is 1. The molecule has 136 valence electrons. The van der Waals surface area contributed by atoms with Gasteiger partial charge in [0.15, 0.2) is 6.61 Å². The van der Waals surface area contributed by atoms with Gasteiger partial charge in [0, 0.05) is 44.0 Å². The third-order valence-electron chi connectivity index (χ3n) is 4.67. The molecule has 0 spiro atoms. The smallest absolute Gasteiger partial charge is 0.321 e. The second-order valence-corrected chi connectivity index (χ2v) is 6.60. The number of carbonyl (C=O) groups is 2. The summed E-state index contributed by atoms with van der Waals surface area (Å²) in [6.45, 7) is 1.65. The molecule has 1 aromatic rings. The molecule has 8 heteroatoms. The first-order chi connectivity index (χ1) is 12.0. The minimum absolute atomic E-state index is 0.0281. The molecule has 0 radical (unpaired) electrons. The van der Waals surface area contributed by atoms with Crippen LogP contribution in [0.25, 0.3) is 0 Å². The fourth-order valence-corrected chi connectivity index (χ4v) is 3.12. The van der Waals surface area contributed by atoms with Crippen LogP contribution in [-0.4, -0.2) is 62.0 Å². The number of aliphatic hydroxyl groups is 1. The number of nitrogens with one attached hydrogen (secondary N) is 2. The van der Waals surface area contributed by atoms with Crippen LogP contribution in [0.3, 0.4) is 0 Å². The SMILES string of the molecule is CN(CC1(CO)CCOCC1)C(=O)Nc1ccc2c(c1)OCC(=O)N2. The van der Waals surface area contributed by atoms with E-state index in [0.29, 0.717) is 36.9 Å². The van der Waals surface area contributed by atoms with Gasteiger partial charge < -0.3 is 30.1 Å². The van der Waals surface area contributed by atoms with E-state index in [4.69, 9.17) is 9.47 Å². The lowest BCUT2D eigenvalue weighted by atomic mass is 9.80. The summed E-state index contributed by atoms with van der Waals surface area (Å²) in [4.78, 5) is 25.3. The van der Waals surface area contributed by atoms with Gasteiger partial charge in [-0.25, -0.2) is 4.79 Å². The Hall–Kier alpha value is -2.32. The Balaban J connectivity index is 1.62. The molecule has 8 nitrogen and oxygen atoms in total. The first-order valence-electron chi connectivity index (χ1n) is 8.29. The number of amides is 3. The van der Waals surface area contributed by atoms with Gasteiger partial charge in [-0.15, -0.1) is 0 Å². The Morgan fingerprint density at radius 2 is 2.16 bits per heavy atom. The Kier molecular flexibility index (Phi) is 5.10. The van der Waals surface area contributed by atoms with Crippen molar-refractivity contribution in [2.75, 3.05) is 50.7 Å². The zero-order chi connectivity index (χ0) is 17.9. The van der Waals surface area contributed by atoms with Gasteiger partial charge in [-0.1, -0.05) is 0 Å². The van der Waals surface area contributed by atoms with Crippen LogP contribution in [0.15, 0.2) is 18.2 Å². The number of hydrogen-bond donors (Lipinski definition) is 3. The molecule has 0 unspecified atom stereocenters. The largest absolute Gasteiger partial charge is 0.482 e. The summed E-state index contributed by atoms with van der Waals surface area (Å²) < 4.78 is 10.7. The van der Waals surface area contributed by atoms with Crippen molar-refractivity contribution in [3.8, 4) is 5.75 Å². The molecule has 3 rings (SSSR count). The Labute approximate surface area is 146 Å². The molecular formula is C17H23N3O5. The summed E-state index contributed by atoms with van der Waals surface area (Å²) in [6.07, 6.45) is 1.46. The molecule has 2 heterocycles. The lowest BCUT2D eigenvalue weighted by Crippen LogP contribution is -2.45. The van der Waals surface area contributed by atoms with Crippen molar-refractivity contribution in [1.29, 1.82) is 0 Å². The summed E-state index contributed by atoms with van der Waals surface area (Å²) >= 11 is 0. The molecule has 3 amide bonds. The Morgan fingerprint density at radius 1 is 1.40 bits per heavy atom. The molecule has 0 bridgehead atoms. The molecule has 1 aromatic carbocycles. The van der Waals surface area contributed by atoms with Crippen molar-refractivity contribution in [1.82, 2.24) is 4.90 Å². The number of ether oxygens (including phenoxy) is 2. The van der Waals surface area contributed by atoms with Crippen LogP contribution in [0, 0.1) is 5.41 Å². The van der Waals surface area contributed by atoms with E-state index >= 15 is 0 Å². The van der Waals surface area contributed by atoms with E-state index in [1.165, 1.54) is 0 Å². The monoisotopic (exact) mass is 349 g/mol. The zero-order valence-corrected chi connectivity index (χ0v) is 14.2. The van der Waals surface area contributed by atoms with Gasteiger partial charge in [0.25, 0.3) is 5.91 Å². The minimum atomic E-state index is -0.312. The van der Waals surface area contributed by atoms with E-state index < -0.39 is 0 Å². The average molecular weight is 349 g/mol. The second kappa shape index (κ2) is 7.28. The first-order valence-corrected chi connectivity index (χ1v) is 8.29. The van der Waals surface area contributed by atoms with E-state index in [1.54, 1.807) is 30.1 Å². The summed E-state index contributed by atoms with van der Waals surface area (Å²) in [6, 6.07) is 4.81. The molecule has 0 aliphatic carbocycles. The highest BCUT2D eigenvalue weighted by Crippen LogP contribution is 2.32. The Bertz CT molecular complexity index is 658. The van der Waals surface area contributed by atoms with Gasteiger partial charge >= 0.3 is 6.03 Å². The van der Waals surface area contributed by atoms with Crippen molar-refractivity contribution in [3.63, 3.8) is 0 Å². The highest BCUT2D eigenvalue weighted by molar-refractivity contribution is 5.96. The van der Waals surface area contributed by atoms with Crippen LogP contribution in [0.1, 0.15) is 12.8 Å². The molecule has 0 saturated carbocycles. The number of nitrogens with zero attached hydrogens (tertiary/aromatic N) is 1. The van der Waals surface area contributed by atoms with Gasteiger partial charge in [-0.3, -0.25) is 4.79 Å². The maximum atomic E-state index is 12.5. The first kappa shape index (κ1) is 17.5. The molecule has 1 saturated heterocycles. The van der Waals surface area contributed by atoms with E-state index in [1.807, 2.05) is 0 Å². The fraction of sp³-hybridized carbons (Fsp3) is 0.529.